The monoisotopic (exact) mass is 289 g/mol. The SMILES string of the molecule is CCc1nc(CC2CN(C)CCN2C)nc2c1CCNC2. The van der Waals surface area contributed by atoms with Crippen LogP contribution in [0, 0.1) is 0 Å². The van der Waals surface area contributed by atoms with Crippen LogP contribution in [0.25, 0.3) is 0 Å². The van der Waals surface area contributed by atoms with Crippen LogP contribution in [0.15, 0.2) is 0 Å². The van der Waals surface area contributed by atoms with Crippen molar-refractivity contribution in [2.75, 3.05) is 40.3 Å². The molecule has 1 unspecified atom stereocenters. The second-order valence-corrected chi connectivity index (χ2v) is 6.39. The minimum absolute atomic E-state index is 0.531. The van der Waals surface area contributed by atoms with Gasteiger partial charge in [0, 0.05) is 44.3 Å². The Kier molecular flexibility index (Phi) is 4.52. The fraction of sp³-hybridized carbons (Fsp3) is 0.750. The van der Waals surface area contributed by atoms with E-state index in [4.69, 9.17) is 9.97 Å². The lowest BCUT2D eigenvalue weighted by molar-refractivity contribution is 0.113. The minimum atomic E-state index is 0.531. The molecule has 0 aromatic carbocycles. The normalized spacial score (nSPS) is 24.0. The molecule has 1 saturated heterocycles. The summed E-state index contributed by atoms with van der Waals surface area (Å²) in [7, 11) is 4.42. The van der Waals surface area contributed by atoms with E-state index in [1.165, 1.54) is 17.0 Å². The number of likely N-dealkylation sites (N-methyl/N-ethyl adjacent to an activating group) is 2. The van der Waals surface area contributed by atoms with E-state index >= 15 is 0 Å². The molecule has 5 heteroatoms. The van der Waals surface area contributed by atoms with Gasteiger partial charge in [-0.3, -0.25) is 0 Å². The summed E-state index contributed by atoms with van der Waals surface area (Å²) in [6.07, 6.45) is 3.05. The van der Waals surface area contributed by atoms with E-state index in [1.807, 2.05) is 0 Å². The predicted molar refractivity (Wildman–Crippen MR) is 84.4 cm³/mol. The summed E-state index contributed by atoms with van der Waals surface area (Å²) in [6, 6.07) is 0.531. The lowest BCUT2D eigenvalue weighted by Crippen LogP contribution is -2.51. The van der Waals surface area contributed by atoms with Crippen LogP contribution < -0.4 is 5.32 Å². The van der Waals surface area contributed by atoms with E-state index < -0.39 is 0 Å². The third-order valence-electron chi connectivity index (χ3n) is 4.80. The molecule has 5 nitrogen and oxygen atoms in total. The topological polar surface area (TPSA) is 44.3 Å². The highest BCUT2D eigenvalue weighted by molar-refractivity contribution is 5.28. The van der Waals surface area contributed by atoms with Crippen LogP contribution in [0.4, 0.5) is 0 Å². The van der Waals surface area contributed by atoms with Crippen molar-refractivity contribution in [1.29, 1.82) is 0 Å². The Labute approximate surface area is 127 Å². The van der Waals surface area contributed by atoms with Crippen molar-refractivity contribution in [2.24, 2.45) is 0 Å². The van der Waals surface area contributed by atoms with Gasteiger partial charge < -0.3 is 15.1 Å². The standard InChI is InChI=1S/C16H27N5/c1-4-14-13-5-6-17-10-15(13)19-16(18-14)9-12-11-20(2)7-8-21(12)3/h12,17H,4-11H2,1-3H3. The van der Waals surface area contributed by atoms with Crippen molar-refractivity contribution in [3.8, 4) is 0 Å². The number of nitrogens with one attached hydrogen (secondary N) is 1. The molecule has 0 saturated carbocycles. The molecule has 116 valence electrons. The van der Waals surface area contributed by atoms with Gasteiger partial charge in [-0.05, 0) is 39.0 Å². The van der Waals surface area contributed by atoms with Crippen LogP contribution in [0.2, 0.25) is 0 Å². The number of piperazine rings is 1. The fourth-order valence-corrected chi connectivity index (χ4v) is 3.41. The number of fused-ring (bicyclic) bond motifs is 1. The average Bonchev–Trinajstić information content (AvgIpc) is 2.50. The van der Waals surface area contributed by atoms with E-state index in [0.717, 1.165) is 57.8 Å². The molecular weight excluding hydrogens is 262 g/mol. The second-order valence-electron chi connectivity index (χ2n) is 6.39. The molecule has 0 radical (unpaired) electrons. The van der Waals surface area contributed by atoms with Gasteiger partial charge in [-0.1, -0.05) is 6.92 Å². The summed E-state index contributed by atoms with van der Waals surface area (Å²) in [4.78, 5) is 14.6. The summed E-state index contributed by atoms with van der Waals surface area (Å²) in [6.45, 7) is 7.55. The molecule has 0 spiro atoms. The maximum atomic E-state index is 4.87. The highest BCUT2D eigenvalue weighted by atomic mass is 15.3. The van der Waals surface area contributed by atoms with E-state index in [2.05, 4.69) is 36.1 Å². The summed E-state index contributed by atoms with van der Waals surface area (Å²) < 4.78 is 0. The van der Waals surface area contributed by atoms with Crippen molar-refractivity contribution in [1.82, 2.24) is 25.1 Å². The van der Waals surface area contributed by atoms with Gasteiger partial charge in [0.1, 0.15) is 5.82 Å². The van der Waals surface area contributed by atoms with Crippen molar-refractivity contribution in [3.05, 3.63) is 22.8 Å². The van der Waals surface area contributed by atoms with Crippen LogP contribution in [-0.4, -0.2) is 66.1 Å². The Bertz CT molecular complexity index is 484. The van der Waals surface area contributed by atoms with Gasteiger partial charge in [0.2, 0.25) is 0 Å². The molecule has 2 aliphatic heterocycles. The van der Waals surface area contributed by atoms with Crippen LogP contribution >= 0.6 is 0 Å². The zero-order chi connectivity index (χ0) is 14.8. The first-order valence-electron chi connectivity index (χ1n) is 8.14. The first-order valence-corrected chi connectivity index (χ1v) is 8.14. The number of aryl methyl sites for hydroxylation is 1. The Morgan fingerprint density at radius 2 is 2.10 bits per heavy atom. The average molecular weight is 289 g/mol. The summed E-state index contributed by atoms with van der Waals surface area (Å²) in [5.41, 5.74) is 3.90. The smallest absolute Gasteiger partial charge is 0.130 e. The quantitative estimate of drug-likeness (QED) is 0.876. The van der Waals surface area contributed by atoms with Gasteiger partial charge in [-0.15, -0.1) is 0 Å². The molecular formula is C16H27N5. The first-order chi connectivity index (χ1) is 10.2. The zero-order valence-electron chi connectivity index (χ0n) is 13.5. The van der Waals surface area contributed by atoms with E-state index in [1.54, 1.807) is 0 Å². The molecule has 0 amide bonds. The van der Waals surface area contributed by atoms with E-state index in [0.29, 0.717) is 6.04 Å². The van der Waals surface area contributed by atoms with Crippen molar-refractivity contribution in [3.63, 3.8) is 0 Å². The molecule has 1 atom stereocenters. The number of nitrogens with zero attached hydrogens (tertiary/aromatic N) is 4. The number of hydrogen-bond acceptors (Lipinski definition) is 5. The van der Waals surface area contributed by atoms with E-state index in [-0.39, 0.29) is 0 Å². The third kappa shape index (κ3) is 3.25. The Balaban J connectivity index is 1.81. The van der Waals surface area contributed by atoms with Crippen molar-refractivity contribution >= 4 is 0 Å². The summed E-state index contributed by atoms with van der Waals surface area (Å²) >= 11 is 0. The Hall–Kier alpha value is -1.04. The molecule has 0 aliphatic carbocycles. The lowest BCUT2D eigenvalue weighted by Gasteiger charge is -2.37. The number of rotatable bonds is 3. The molecule has 1 fully saturated rings. The predicted octanol–water partition coefficient (Wildman–Crippen LogP) is 0.473. The van der Waals surface area contributed by atoms with Crippen LogP contribution in [0.1, 0.15) is 29.7 Å². The molecule has 3 heterocycles. The first kappa shape index (κ1) is 14.9. The molecule has 1 N–H and O–H groups in total. The zero-order valence-corrected chi connectivity index (χ0v) is 13.5. The molecule has 3 rings (SSSR count). The minimum Gasteiger partial charge on any atom is -0.311 e. The third-order valence-corrected chi connectivity index (χ3v) is 4.80. The Morgan fingerprint density at radius 3 is 2.90 bits per heavy atom. The van der Waals surface area contributed by atoms with Crippen molar-refractivity contribution < 1.29 is 0 Å². The highest BCUT2D eigenvalue weighted by Gasteiger charge is 2.24. The van der Waals surface area contributed by atoms with Gasteiger partial charge in [-0.2, -0.15) is 0 Å². The maximum Gasteiger partial charge on any atom is 0.130 e. The fourth-order valence-electron chi connectivity index (χ4n) is 3.41. The summed E-state index contributed by atoms with van der Waals surface area (Å²) in [5, 5.41) is 3.43. The van der Waals surface area contributed by atoms with Gasteiger partial charge in [0.25, 0.3) is 0 Å². The van der Waals surface area contributed by atoms with Gasteiger partial charge >= 0.3 is 0 Å². The second kappa shape index (κ2) is 6.38. The molecule has 2 aliphatic rings. The van der Waals surface area contributed by atoms with Crippen LogP contribution in [0.5, 0.6) is 0 Å². The molecule has 21 heavy (non-hydrogen) atoms. The van der Waals surface area contributed by atoms with Crippen LogP contribution in [-0.2, 0) is 25.8 Å². The van der Waals surface area contributed by atoms with Crippen molar-refractivity contribution in [2.45, 2.75) is 38.8 Å². The number of aromatic nitrogens is 2. The number of hydrogen-bond donors (Lipinski definition) is 1. The van der Waals surface area contributed by atoms with Crippen LogP contribution in [0.3, 0.4) is 0 Å². The van der Waals surface area contributed by atoms with Gasteiger partial charge in [0.05, 0.1) is 5.69 Å². The molecule has 1 aromatic rings. The molecule has 0 bridgehead atoms. The summed E-state index contributed by atoms with van der Waals surface area (Å²) in [5.74, 6) is 1.03. The maximum absolute atomic E-state index is 4.87. The molecule has 1 aromatic heterocycles. The lowest BCUT2D eigenvalue weighted by atomic mass is 10.0. The Morgan fingerprint density at radius 1 is 1.24 bits per heavy atom. The highest BCUT2D eigenvalue weighted by Crippen LogP contribution is 2.18. The van der Waals surface area contributed by atoms with Gasteiger partial charge in [-0.25, -0.2) is 9.97 Å². The van der Waals surface area contributed by atoms with Gasteiger partial charge in [0.15, 0.2) is 0 Å². The largest absolute Gasteiger partial charge is 0.311 e. The van der Waals surface area contributed by atoms with E-state index in [9.17, 15) is 0 Å².